The molecule has 2 N–H and O–H groups in total. The zero-order valence-electron chi connectivity index (χ0n) is 21.6. The van der Waals surface area contributed by atoms with Gasteiger partial charge in [0.15, 0.2) is 0 Å². The number of nitrogens with two attached hydrogens (primary N) is 1. The minimum absolute atomic E-state index is 0. The Balaban J connectivity index is 0.00000400. The van der Waals surface area contributed by atoms with Gasteiger partial charge < -0.3 is 15.5 Å². The number of carbonyl (C=O) groups excluding carboxylic acids is 1. The molecule has 210 valence electrons. The summed E-state index contributed by atoms with van der Waals surface area (Å²) in [7, 11) is 0. The minimum atomic E-state index is -2.87. The number of hydrogen-bond donors (Lipinski definition) is 1. The normalized spacial score (nSPS) is 19.2. The Bertz CT molecular complexity index is 1070. The van der Waals surface area contributed by atoms with Crippen molar-refractivity contribution in [1.29, 1.82) is 0 Å². The maximum atomic E-state index is 14.7. The predicted molar refractivity (Wildman–Crippen MR) is 146 cm³/mol. The summed E-state index contributed by atoms with van der Waals surface area (Å²) in [6.07, 6.45) is 7.85. The number of aromatic nitrogens is 2. The lowest BCUT2D eigenvalue weighted by Crippen LogP contribution is -2.44. The van der Waals surface area contributed by atoms with Gasteiger partial charge in [-0.1, -0.05) is 37.1 Å². The molecule has 2 aliphatic heterocycles. The summed E-state index contributed by atoms with van der Waals surface area (Å²) in [5, 5.41) is 0.535. The fraction of sp³-hybridized carbons (Fsp3) is 0.593. The Kier molecular flexibility index (Phi) is 10.7. The number of piperidine rings is 1. The summed E-state index contributed by atoms with van der Waals surface area (Å²) in [4.78, 5) is 24.3. The van der Waals surface area contributed by atoms with Gasteiger partial charge in [0.25, 0.3) is 5.92 Å². The third-order valence-electron chi connectivity index (χ3n) is 7.71. The molecule has 1 aromatic heterocycles. The number of nitrogens with zero attached hydrogens (tertiary/aromatic N) is 4. The van der Waals surface area contributed by atoms with E-state index in [1.54, 1.807) is 18.5 Å². The molecule has 11 heteroatoms. The van der Waals surface area contributed by atoms with Gasteiger partial charge in [0.1, 0.15) is 5.82 Å². The molecule has 0 saturated carbocycles. The second-order valence-electron chi connectivity index (χ2n) is 10.5. The molecule has 1 amide bonds. The molecule has 0 radical (unpaired) electrons. The van der Waals surface area contributed by atoms with Gasteiger partial charge in [-0.2, -0.15) is 0 Å². The summed E-state index contributed by atoms with van der Waals surface area (Å²) in [6.45, 7) is 3.50. The second-order valence-corrected chi connectivity index (χ2v) is 10.9. The van der Waals surface area contributed by atoms with Crippen LogP contribution in [0.3, 0.4) is 0 Å². The Morgan fingerprint density at radius 1 is 1.21 bits per heavy atom. The molecule has 0 spiro atoms. The fourth-order valence-corrected chi connectivity index (χ4v) is 5.49. The Morgan fingerprint density at radius 2 is 1.89 bits per heavy atom. The van der Waals surface area contributed by atoms with Crippen LogP contribution in [0.25, 0.3) is 0 Å². The maximum Gasteiger partial charge on any atom is 0.267 e. The summed E-state index contributed by atoms with van der Waals surface area (Å²) in [5.41, 5.74) is 7.18. The van der Waals surface area contributed by atoms with Gasteiger partial charge in [0, 0.05) is 26.1 Å². The van der Waals surface area contributed by atoms with Gasteiger partial charge >= 0.3 is 0 Å². The molecule has 38 heavy (non-hydrogen) atoms. The van der Waals surface area contributed by atoms with Crippen molar-refractivity contribution in [1.82, 2.24) is 14.9 Å². The third-order valence-corrected chi connectivity index (χ3v) is 7.91. The lowest BCUT2D eigenvalue weighted by Gasteiger charge is -2.35. The number of alkyl halides is 2. The molecular weight excluding hydrogens is 538 g/mol. The van der Waals surface area contributed by atoms with E-state index in [1.807, 2.05) is 6.07 Å². The highest BCUT2D eigenvalue weighted by Gasteiger charge is 2.41. The lowest BCUT2D eigenvalue weighted by molar-refractivity contribution is -0.133. The maximum absolute atomic E-state index is 14.7. The monoisotopic (exact) mass is 573 g/mol. The van der Waals surface area contributed by atoms with Crippen LogP contribution in [-0.2, 0) is 17.6 Å². The number of carbonyl (C=O) groups is 1. The van der Waals surface area contributed by atoms with Gasteiger partial charge in [-0.25, -0.2) is 23.1 Å². The first-order valence-electron chi connectivity index (χ1n) is 13.0. The number of rotatable bonds is 9. The van der Waals surface area contributed by atoms with Crippen molar-refractivity contribution in [3.63, 3.8) is 0 Å². The van der Waals surface area contributed by atoms with E-state index < -0.39 is 30.2 Å². The molecule has 2 fully saturated rings. The highest BCUT2D eigenvalue weighted by atomic mass is 35.5. The van der Waals surface area contributed by atoms with Crippen molar-refractivity contribution >= 4 is 35.9 Å². The average Bonchev–Trinajstić information content (AvgIpc) is 3.25. The first-order chi connectivity index (χ1) is 17.6. The molecule has 0 unspecified atom stereocenters. The van der Waals surface area contributed by atoms with Crippen LogP contribution in [0.5, 0.6) is 0 Å². The van der Waals surface area contributed by atoms with E-state index in [1.165, 1.54) is 6.07 Å². The summed E-state index contributed by atoms with van der Waals surface area (Å²) in [5.74, 6) is -1.90. The van der Waals surface area contributed by atoms with Gasteiger partial charge in [0.2, 0.25) is 11.9 Å². The topological polar surface area (TPSA) is 75.4 Å². The van der Waals surface area contributed by atoms with Crippen molar-refractivity contribution in [2.45, 2.75) is 63.8 Å². The second kappa shape index (κ2) is 13.3. The van der Waals surface area contributed by atoms with Crippen LogP contribution in [-0.4, -0.2) is 58.9 Å². The smallest absolute Gasteiger partial charge is 0.267 e. The zero-order chi connectivity index (χ0) is 26.6. The molecule has 0 bridgehead atoms. The zero-order valence-corrected chi connectivity index (χ0v) is 23.2. The number of anilines is 1. The lowest BCUT2D eigenvalue weighted by atomic mass is 9.82. The Morgan fingerprint density at radius 3 is 2.50 bits per heavy atom. The van der Waals surface area contributed by atoms with E-state index in [2.05, 4.69) is 21.8 Å². The van der Waals surface area contributed by atoms with Gasteiger partial charge in [-0.15, -0.1) is 12.4 Å². The molecule has 1 aromatic carbocycles. The van der Waals surface area contributed by atoms with Crippen LogP contribution in [0.15, 0.2) is 30.6 Å². The van der Waals surface area contributed by atoms with Crippen LogP contribution < -0.4 is 10.6 Å². The Labute approximate surface area is 233 Å². The van der Waals surface area contributed by atoms with Crippen molar-refractivity contribution in [2.24, 2.45) is 17.6 Å². The fourth-order valence-electron chi connectivity index (χ4n) is 5.40. The molecular formula is C27H36Cl2F3N5O. The van der Waals surface area contributed by atoms with Crippen LogP contribution in [0, 0.1) is 17.7 Å². The molecule has 2 atom stereocenters. The van der Waals surface area contributed by atoms with Gasteiger partial charge in [0.05, 0.1) is 30.0 Å². The van der Waals surface area contributed by atoms with Crippen molar-refractivity contribution in [3.8, 4) is 0 Å². The Hall–Kier alpha value is -2.10. The van der Waals surface area contributed by atoms with Crippen LogP contribution in [0.2, 0.25) is 5.02 Å². The molecule has 6 nitrogen and oxygen atoms in total. The van der Waals surface area contributed by atoms with E-state index in [0.29, 0.717) is 22.4 Å². The van der Waals surface area contributed by atoms with Crippen molar-refractivity contribution < 1.29 is 18.0 Å². The van der Waals surface area contributed by atoms with E-state index in [-0.39, 0.29) is 31.8 Å². The van der Waals surface area contributed by atoms with Crippen LogP contribution in [0.4, 0.5) is 19.1 Å². The van der Waals surface area contributed by atoms with Crippen molar-refractivity contribution in [3.05, 3.63) is 52.6 Å². The van der Waals surface area contributed by atoms with E-state index >= 15 is 0 Å². The molecule has 3 heterocycles. The highest BCUT2D eigenvalue weighted by molar-refractivity contribution is 6.30. The molecule has 2 saturated heterocycles. The van der Waals surface area contributed by atoms with Gasteiger partial charge in [-0.3, -0.25) is 4.79 Å². The standard InChI is InChI=1S/C27H35ClF3N5O.ClH/c1-18(20-7-10-35(11-8-20)26-33-15-22(28)16-34-26)3-2-4-19-5-6-21(23(29)13-19)14-24(32)25(37)36-12-9-27(30,31)17-36;/h5-6,13,15-16,18,20,24H,2-4,7-12,14,17,32H2,1H3;1H/t18-,24+;/m1./s1. The first-order valence-corrected chi connectivity index (χ1v) is 13.4. The molecule has 2 aromatic rings. The molecule has 4 rings (SSSR count). The van der Waals surface area contributed by atoms with Crippen LogP contribution >= 0.6 is 24.0 Å². The summed E-state index contributed by atoms with van der Waals surface area (Å²) < 4.78 is 41.5. The number of halogens is 5. The minimum Gasteiger partial charge on any atom is -0.341 e. The van der Waals surface area contributed by atoms with E-state index in [4.69, 9.17) is 17.3 Å². The first kappa shape index (κ1) is 30.4. The SMILES string of the molecule is C[C@H](CCCc1ccc(C[C@H](N)C(=O)N2CCC(F)(F)C2)c(F)c1)C1CCN(c2ncc(Cl)cn2)CC1.Cl. The molecule has 0 aliphatic carbocycles. The third kappa shape index (κ3) is 7.96. The summed E-state index contributed by atoms with van der Waals surface area (Å²) in [6, 6.07) is 4.00. The van der Waals surface area contributed by atoms with Crippen LogP contribution in [0.1, 0.15) is 50.2 Å². The molecule has 2 aliphatic rings. The highest BCUT2D eigenvalue weighted by Crippen LogP contribution is 2.30. The van der Waals surface area contributed by atoms with E-state index in [9.17, 15) is 18.0 Å². The number of amides is 1. The van der Waals surface area contributed by atoms with E-state index in [0.717, 1.165) is 61.6 Å². The number of aryl methyl sites for hydroxylation is 1. The van der Waals surface area contributed by atoms with Crippen molar-refractivity contribution in [2.75, 3.05) is 31.1 Å². The summed E-state index contributed by atoms with van der Waals surface area (Å²) >= 11 is 5.88. The number of likely N-dealkylation sites (tertiary alicyclic amines) is 1. The largest absolute Gasteiger partial charge is 0.341 e. The predicted octanol–water partition coefficient (Wildman–Crippen LogP) is 5.30. The number of benzene rings is 1. The van der Waals surface area contributed by atoms with Gasteiger partial charge in [-0.05, 0) is 61.1 Å². The quantitative estimate of drug-likeness (QED) is 0.440. The average molecular weight is 575 g/mol. The number of hydrogen-bond acceptors (Lipinski definition) is 5.